The molecule has 8 heteroatoms. The molecule has 3 atom stereocenters. The molecule has 2 aliphatic rings. The van der Waals surface area contributed by atoms with Crippen molar-refractivity contribution >= 4 is 23.3 Å². The second kappa shape index (κ2) is 10.5. The number of likely N-dealkylation sites (N-methyl/N-ethyl adjacent to an activating group) is 1. The van der Waals surface area contributed by atoms with Gasteiger partial charge in [0.2, 0.25) is 6.23 Å². The minimum Gasteiger partial charge on any atom is -0.475 e. The molecular weight excluding hydrogens is 390 g/mol. The summed E-state index contributed by atoms with van der Waals surface area (Å²) in [7, 11) is 2.14. The van der Waals surface area contributed by atoms with Gasteiger partial charge in [-0.1, -0.05) is 32.3 Å². The van der Waals surface area contributed by atoms with Gasteiger partial charge >= 0.3 is 5.97 Å². The van der Waals surface area contributed by atoms with Crippen molar-refractivity contribution in [2.45, 2.75) is 58.6 Å². The van der Waals surface area contributed by atoms with Gasteiger partial charge in [0.25, 0.3) is 5.88 Å². The Kier molecular flexibility index (Phi) is 8.03. The third kappa shape index (κ3) is 5.77. The minimum atomic E-state index is -0.225. The lowest BCUT2D eigenvalue weighted by atomic mass is 10.0. The van der Waals surface area contributed by atoms with Crippen molar-refractivity contribution in [2.24, 2.45) is 5.92 Å². The van der Waals surface area contributed by atoms with Crippen LogP contribution in [0.5, 0.6) is 5.88 Å². The Morgan fingerprint density at radius 3 is 3.00 bits per heavy atom. The molecule has 0 N–H and O–H groups in total. The Morgan fingerprint density at radius 1 is 1.38 bits per heavy atom. The first-order chi connectivity index (χ1) is 14.0. The zero-order chi connectivity index (χ0) is 20.7. The average Bonchev–Trinajstić information content (AvgIpc) is 3.40. The van der Waals surface area contributed by atoms with E-state index in [1.54, 1.807) is 0 Å². The smallest absolute Gasteiger partial charge is 0.315 e. The van der Waals surface area contributed by atoms with Crippen LogP contribution in [0.4, 0.5) is 0 Å². The van der Waals surface area contributed by atoms with Crippen LogP contribution in [0, 0.1) is 5.92 Å². The fourth-order valence-electron chi connectivity index (χ4n) is 3.83. The zero-order valence-electron chi connectivity index (χ0n) is 17.9. The summed E-state index contributed by atoms with van der Waals surface area (Å²) in [6.07, 6.45) is 8.32. The molecule has 29 heavy (non-hydrogen) atoms. The summed E-state index contributed by atoms with van der Waals surface area (Å²) in [6.45, 7) is 7.65. The average molecular weight is 425 g/mol. The molecule has 0 bridgehead atoms. The predicted molar refractivity (Wildman–Crippen MR) is 113 cm³/mol. The Morgan fingerprint density at radius 2 is 2.24 bits per heavy atom. The third-order valence-electron chi connectivity index (χ3n) is 5.99. The lowest BCUT2D eigenvalue weighted by molar-refractivity contribution is -0.944. The van der Waals surface area contributed by atoms with Crippen LogP contribution in [0.25, 0.3) is 5.57 Å². The summed E-state index contributed by atoms with van der Waals surface area (Å²) in [4.78, 5) is 12.4. The number of unbranched alkanes of at least 4 members (excludes halogenated alkanes) is 3. The molecule has 0 radical (unpaired) electrons. The van der Waals surface area contributed by atoms with E-state index in [4.69, 9.17) is 14.2 Å². The van der Waals surface area contributed by atoms with E-state index in [0.29, 0.717) is 30.2 Å². The second-order valence-electron chi connectivity index (χ2n) is 8.30. The Bertz CT molecular complexity index is 702. The van der Waals surface area contributed by atoms with Gasteiger partial charge in [-0.05, 0) is 12.8 Å². The van der Waals surface area contributed by atoms with E-state index in [1.807, 2.05) is 6.92 Å². The monoisotopic (exact) mass is 424 g/mol. The molecule has 1 aromatic heterocycles. The van der Waals surface area contributed by atoms with Gasteiger partial charge in [-0.2, -0.15) is 4.37 Å². The molecule has 0 amide bonds. The molecule has 0 spiro atoms. The number of nitrogens with zero attached hydrogens (tertiary/aromatic N) is 3. The maximum Gasteiger partial charge on any atom is 0.315 e. The van der Waals surface area contributed by atoms with E-state index in [2.05, 4.69) is 28.8 Å². The van der Waals surface area contributed by atoms with Crippen LogP contribution < -0.4 is 4.74 Å². The molecule has 3 heterocycles. The lowest BCUT2D eigenvalue weighted by Gasteiger charge is -2.41. The molecule has 0 aliphatic carbocycles. The van der Waals surface area contributed by atoms with Gasteiger partial charge in [0.05, 0.1) is 44.5 Å². The normalized spacial score (nSPS) is 25.5. The standard InChI is InChI=1S/C21H34N3O4S/c1-4-5-6-7-12-27-20-19(22-29-23-20)17-9-8-11-24(3,14-17)16(2)28-21(25)18-10-13-26-15-18/h9,16,18H,4-8,10-15H2,1-3H3/q+1/t16-,18-,24?/m1/s1. The third-order valence-corrected chi connectivity index (χ3v) is 6.50. The molecule has 1 unspecified atom stereocenters. The van der Waals surface area contributed by atoms with Gasteiger partial charge in [-0.15, -0.1) is 4.37 Å². The molecule has 7 nitrogen and oxygen atoms in total. The second-order valence-corrected chi connectivity index (χ2v) is 8.83. The van der Waals surface area contributed by atoms with Crippen LogP contribution in [0.15, 0.2) is 6.08 Å². The van der Waals surface area contributed by atoms with Crippen molar-refractivity contribution < 1.29 is 23.5 Å². The number of carbonyl (C=O) groups is 1. The fourth-order valence-corrected chi connectivity index (χ4v) is 4.36. The van der Waals surface area contributed by atoms with Crippen LogP contribution in [0.1, 0.15) is 58.1 Å². The van der Waals surface area contributed by atoms with Crippen LogP contribution >= 0.6 is 11.7 Å². The highest BCUT2D eigenvalue weighted by Crippen LogP contribution is 2.32. The molecule has 0 aromatic carbocycles. The van der Waals surface area contributed by atoms with Crippen LogP contribution in [0.2, 0.25) is 0 Å². The first kappa shape index (κ1) is 22.2. The first-order valence-corrected chi connectivity index (χ1v) is 11.5. The van der Waals surface area contributed by atoms with Crippen molar-refractivity contribution in [1.82, 2.24) is 8.75 Å². The predicted octanol–water partition coefficient (Wildman–Crippen LogP) is 3.66. The number of quaternary nitrogens is 1. The number of rotatable bonds is 10. The van der Waals surface area contributed by atoms with E-state index in [-0.39, 0.29) is 18.1 Å². The highest BCUT2D eigenvalue weighted by Gasteiger charge is 2.38. The van der Waals surface area contributed by atoms with E-state index in [0.717, 1.165) is 43.6 Å². The lowest BCUT2D eigenvalue weighted by Crippen LogP contribution is -2.55. The van der Waals surface area contributed by atoms with Crippen LogP contribution in [-0.4, -0.2) is 65.4 Å². The van der Waals surface area contributed by atoms with Crippen molar-refractivity contribution in [3.05, 3.63) is 11.8 Å². The molecule has 1 aromatic rings. The number of hydrogen-bond donors (Lipinski definition) is 0. The highest BCUT2D eigenvalue weighted by atomic mass is 32.1. The topological polar surface area (TPSA) is 70.5 Å². The van der Waals surface area contributed by atoms with Crippen molar-refractivity contribution in [3.8, 4) is 5.88 Å². The molecule has 0 saturated carbocycles. The van der Waals surface area contributed by atoms with Gasteiger partial charge in [0, 0.05) is 25.5 Å². The fraction of sp³-hybridized carbons (Fsp3) is 0.762. The Hall–Kier alpha value is -1.51. The molecular formula is C21H34N3O4S+. The van der Waals surface area contributed by atoms with Crippen molar-refractivity contribution in [3.63, 3.8) is 0 Å². The van der Waals surface area contributed by atoms with Gasteiger partial charge in [-0.25, -0.2) is 0 Å². The molecule has 3 rings (SSSR count). The van der Waals surface area contributed by atoms with Gasteiger partial charge in [0.15, 0.2) is 0 Å². The number of hydrogen-bond acceptors (Lipinski definition) is 7. The summed E-state index contributed by atoms with van der Waals surface area (Å²) in [5.74, 6) is 0.370. The summed E-state index contributed by atoms with van der Waals surface area (Å²) >= 11 is 1.19. The van der Waals surface area contributed by atoms with Crippen molar-refractivity contribution in [1.29, 1.82) is 0 Å². The molecule has 2 aliphatic heterocycles. The Labute approximate surface area is 177 Å². The van der Waals surface area contributed by atoms with Gasteiger partial charge in [0.1, 0.15) is 12.2 Å². The molecule has 162 valence electrons. The first-order valence-electron chi connectivity index (χ1n) is 10.8. The van der Waals surface area contributed by atoms with E-state index in [1.165, 1.54) is 31.0 Å². The SMILES string of the molecule is CCCCCCOc1nsnc1C1=CCC[N+](C)([C@@H](C)OC(=O)[C@@H]2CCOC2)C1. The van der Waals surface area contributed by atoms with E-state index < -0.39 is 0 Å². The Balaban J connectivity index is 1.59. The maximum absolute atomic E-state index is 12.4. The van der Waals surface area contributed by atoms with Gasteiger partial charge in [-0.3, -0.25) is 9.28 Å². The zero-order valence-corrected chi connectivity index (χ0v) is 18.7. The van der Waals surface area contributed by atoms with E-state index in [9.17, 15) is 4.79 Å². The number of carbonyl (C=O) groups excluding carboxylic acids is 1. The minimum absolute atomic E-state index is 0.126. The largest absolute Gasteiger partial charge is 0.475 e. The summed E-state index contributed by atoms with van der Waals surface area (Å²) in [5, 5.41) is 0. The summed E-state index contributed by atoms with van der Waals surface area (Å²) in [5.41, 5.74) is 1.97. The van der Waals surface area contributed by atoms with Crippen LogP contribution in [-0.2, 0) is 14.3 Å². The maximum atomic E-state index is 12.4. The number of ether oxygens (including phenoxy) is 3. The van der Waals surface area contributed by atoms with Gasteiger partial charge < -0.3 is 14.2 Å². The van der Waals surface area contributed by atoms with Crippen LogP contribution in [0.3, 0.4) is 0 Å². The number of esters is 1. The summed E-state index contributed by atoms with van der Waals surface area (Å²) in [6, 6.07) is 0. The highest BCUT2D eigenvalue weighted by molar-refractivity contribution is 6.99. The summed E-state index contributed by atoms with van der Waals surface area (Å²) < 4.78 is 26.6. The molecule has 1 saturated heterocycles. The number of aromatic nitrogens is 2. The quantitative estimate of drug-likeness (QED) is 0.324. The van der Waals surface area contributed by atoms with Crippen molar-refractivity contribution in [2.75, 3.05) is 40.0 Å². The van der Waals surface area contributed by atoms with E-state index >= 15 is 0 Å². The molecule has 1 fully saturated rings.